The van der Waals surface area contributed by atoms with Crippen LogP contribution in [0.1, 0.15) is 5.69 Å². The molecule has 1 aromatic rings. The maximum atomic E-state index is 12.0. The predicted octanol–water partition coefficient (Wildman–Crippen LogP) is 0.632. The summed E-state index contributed by atoms with van der Waals surface area (Å²) in [6.45, 7) is 0.810. The van der Waals surface area contributed by atoms with E-state index in [0.717, 1.165) is 5.69 Å². The van der Waals surface area contributed by atoms with Crippen molar-refractivity contribution in [3.63, 3.8) is 0 Å². The van der Waals surface area contributed by atoms with Gasteiger partial charge in [0, 0.05) is 19.2 Å². The van der Waals surface area contributed by atoms with E-state index in [1.54, 1.807) is 19.4 Å². The highest BCUT2D eigenvalue weighted by Crippen LogP contribution is 2.18. The number of hydrogen-bond donors (Lipinski definition) is 0. The van der Waals surface area contributed by atoms with Crippen LogP contribution in [0.15, 0.2) is 30.2 Å². The van der Waals surface area contributed by atoms with Crippen LogP contribution in [0.4, 0.5) is 0 Å². The van der Waals surface area contributed by atoms with Crippen molar-refractivity contribution >= 4 is 29.4 Å². The molecule has 0 spiro atoms. The fourth-order valence-electron chi connectivity index (χ4n) is 1.51. The summed E-state index contributed by atoms with van der Waals surface area (Å²) in [6.07, 6.45) is 3.40. The van der Waals surface area contributed by atoms with E-state index in [1.807, 2.05) is 18.2 Å². The molecule has 1 fully saturated rings. The first-order valence-electron chi connectivity index (χ1n) is 5.43. The quantitative estimate of drug-likeness (QED) is 0.592. The summed E-state index contributed by atoms with van der Waals surface area (Å²) in [6, 6.07) is 5.56. The molecule has 1 aromatic heterocycles. The minimum Gasteiger partial charge on any atom is -0.425 e. The van der Waals surface area contributed by atoms with Crippen LogP contribution in [-0.4, -0.2) is 36.2 Å². The normalized spacial score (nSPS) is 17.4. The van der Waals surface area contributed by atoms with Crippen molar-refractivity contribution in [1.29, 1.82) is 0 Å². The Kier molecular flexibility index (Phi) is 4.01. The summed E-state index contributed by atoms with van der Waals surface area (Å²) in [5.74, 6) is -0.0205. The number of amides is 1. The van der Waals surface area contributed by atoms with Gasteiger partial charge in [0.15, 0.2) is 6.20 Å². The van der Waals surface area contributed by atoms with E-state index in [4.69, 9.17) is 21.7 Å². The summed E-state index contributed by atoms with van der Waals surface area (Å²) in [7, 11) is 1.57. The Bertz CT molecular complexity index is 487. The molecule has 0 radical (unpaired) electrons. The third kappa shape index (κ3) is 2.72. The smallest absolute Gasteiger partial charge is 0.297 e. The fraction of sp³-hybridized carbons (Fsp3) is 0.250. The number of carbonyl (C=O) groups excluding carboxylic acids is 1. The van der Waals surface area contributed by atoms with Gasteiger partial charge in [0.1, 0.15) is 0 Å². The van der Waals surface area contributed by atoms with E-state index in [9.17, 15) is 4.79 Å². The van der Waals surface area contributed by atoms with Gasteiger partial charge >= 0.3 is 0 Å². The van der Waals surface area contributed by atoms with Crippen LogP contribution in [0.25, 0.3) is 6.08 Å². The maximum absolute atomic E-state index is 12.0. The van der Waals surface area contributed by atoms with Crippen LogP contribution >= 0.6 is 12.2 Å². The molecular formula is C12H13N2O3S+. The zero-order chi connectivity index (χ0) is 13.0. The van der Waals surface area contributed by atoms with Gasteiger partial charge in [-0.3, -0.25) is 9.69 Å². The average Bonchev–Trinajstić information content (AvgIpc) is 2.64. The number of H-pyrrole nitrogens is 1. The number of rotatable bonds is 4. The second-order valence-electron chi connectivity index (χ2n) is 3.64. The molecule has 18 heavy (non-hydrogen) atoms. The number of nitrogens with zero attached hydrogens (tertiary/aromatic N) is 1. The first-order chi connectivity index (χ1) is 8.72. The van der Waals surface area contributed by atoms with Gasteiger partial charge in [0.05, 0.1) is 19.2 Å². The third-order valence-corrected chi connectivity index (χ3v) is 2.72. The number of pyridine rings is 1. The minimum absolute atomic E-state index is 0.166. The van der Waals surface area contributed by atoms with Gasteiger partial charge in [-0.1, -0.05) is 0 Å². The molecule has 2 rings (SSSR count). The summed E-state index contributed by atoms with van der Waals surface area (Å²) in [5, 5.41) is 0.166. The lowest BCUT2D eigenvalue weighted by Crippen LogP contribution is -2.31. The number of hydrogen-bond acceptors (Lipinski definition) is 4. The van der Waals surface area contributed by atoms with E-state index < -0.39 is 0 Å². The summed E-state index contributed by atoms with van der Waals surface area (Å²) >= 11 is 5.00. The van der Waals surface area contributed by atoms with Crippen LogP contribution in [0, 0.1) is 0 Å². The Labute approximate surface area is 110 Å². The molecule has 1 aliphatic rings. The van der Waals surface area contributed by atoms with Crippen molar-refractivity contribution in [2.24, 2.45) is 0 Å². The topological polar surface area (TPSA) is 52.9 Å². The van der Waals surface area contributed by atoms with E-state index in [2.05, 4.69) is 4.98 Å². The highest BCUT2D eigenvalue weighted by Gasteiger charge is 2.33. The van der Waals surface area contributed by atoms with Gasteiger partial charge in [0.2, 0.25) is 11.5 Å². The summed E-state index contributed by atoms with van der Waals surface area (Å²) in [5.41, 5.74) is 0.775. The van der Waals surface area contributed by atoms with Crippen LogP contribution < -0.4 is 4.98 Å². The van der Waals surface area contributed by atoms with Crippen LogP contribution in [0.2, 0.25) is 0 Å². The zero-order valence-corrected chi connectivity index (χ0v) is 10.7. The Hall–Kier alpha value is -1.79. The Morgan fingerprint density at radius 2 is 2.39 bits per heavy atom. The predicted molar refractivity (Wildman–Crippen MR) is 68.2 cm³/mol. The standard InChI is InChI=1S/C12H12N2O3S/c1-16-7-6-14-11(15)10(17-12(14)18)8-9-4-2-3-5-13-9/h2-5,8H,6-7H2,1H3/p+1/b10-8+. The lowest BCUT2D eigenvalue weighted by molar-refractivity contribution is -0.380. The van der Waals surface area contributed by atoms with Crippen molar-refractivity contribution < 1.29 is 19.3 Å². The fourth-order valence-corrected chi connectivity index (χ4v) is 1.78. The van der Waals surface area contributed by atoms with E-state index in [-0.39, 0.29) is 16.8 Å². The lowest BCUT2D eigenvalue weighted by atomic mass is 10.3. The molecule has 0 unspecified atom stereocenters. The molecule has 0 aliphatic carbocycles. The molecule has 0 atom stereocenters. The molecule has 0 aromatic carbocycles. The number of carbonyl (C=O) groups is 1. The maximum Gasteiger partial charge on any atom is 0.297 e. The van der Waals surface area contributed by atoms with E-state index in [0.29, 0.717) is 13.2 Å². The minimum atomic E-state index is -0.241. The van der Waals surface area contributed by atoms with E-state index in [1.165, 1.54) is 4.90 Å². The Morgan fingerprint density at radius 3 is 3.06 bits per heavy atom. The van der Waals surface area contributed by atoms with Gasteiger partial charge in [-0.2, -0.15) is 0 Å². The van der Waals surface area contributed by atoms with Crippen LogP contribution in [0.3, 0.4) is 0 Å². The molecule has 1 amide bonds. The van der Waals surface area contributed by atoms with E-state index >= 15 is 0 Å². The molecule has 0 saturated carbocycles. The number of aromatic amines is 1. The van der Waals surface area contributed by atoms with Gasteiger partial charge in [-0.25, -0.2) is 4.98 Å². The number of thiocarbonyl (C=S) groups is 1. The molecule has 2 heterocycles. The van der Waals surface area contributed by atoms with Crippen LogP contribution in [-0.2, 0) is 14.3 Å². The number of aromatic nitrogens is 1. The highest BCUT2D eigenvalue weighted by molar-refractivity contribution is 7.80. The zero-order valence-electron chi connectivity index (χ0n) is 9.88. The average molecular weight is 265 g/mol. The molecule has 0 bridgehead atoms. The summed E-state index contributed by atoms with van der Waals surface area (Å²) < 4.78 is 10.2. The Morgan fingerprint density at radius 1 is 1.56 bits per heavy atom. The Balaban J connectivity index is 2.15. The first kappa shape index (κ1) is 12.7. The molecule has 1 saturated heterocycles. The number of nitrogens with one attached hydrogen (secondary N) is 1. The van der Waals surface area contributed by atoms with Crippen LogP contribution in [0.5, 0.6) is 0 Å². The van der Waals surface area contributed by atoms with Crippen molar-refractivity contribution in [3.8, 4) is 0 Å². The van der Waals surface area contributed by atoms with Gasteiger partial charge in [0.25, 0.3) is 11.1 Å². The largest absolute Gasteiger partial charge is 0.425 e. The van der Waals surface area contributed by atoms with Gasteiger partial charge in [-0.15, -0.1) is 0 Å². The SMILES string of the molecule is COCCN1C(=O)/C(=C\c2cccc[nH+]2)OC1=S. The molecule has 94 valence electrons. The van der Waals surface area contributed by atoms with Gasteiger partial charge < -0.3 is 9.47 Å². The van der Waals surface area contributed by atoms with Crippen molar-refractivity contribution in [2.45, 2.75) is 0 Å². The monoisotopic (exact) mass is 265 g/mol. The molecule has 5 nitrogen and oxygen atoms in total. The number of ether oxygens (including phenoxy) is 2. The van der Waals surface area contributed by atoms with Crippen molar-refractivity contribution in [2.75, 3.05) is 20.3 Å². The second kappa shape index (κ2) is 5.70. The molecule has 1 N–H and O–H groups in total. The lowest BCUT2D eigenvalue weighted by Gasteiger charge is -2.10. The first-order valence-corrected chi connectivity index (χ1v) is 5.84. The van der Waals surface area contributed by atoms with Crippen molar-refractivity contribution in [1.82, 2.24) is 4.90 Å². The molecule has 1 aliphatic heterocycles. The second-order valence-corrected chi connectivity index (χ2v) is 3.99. The summed E-state index contributed by atoms with van der Waals surface area (Å²) in [4.78, 5) is 16.4. The molecular weight excluding hydrogens is 252 g/mol. The number of methoxy groups -OCH3 is 1. The van der Waals surface area contributed by atoms with Crippen molar-refractivity contribution in [3.05, 3.63) is 35.8 Å². The van der Waals surface area contributed by atoms with Gasteiger partial charge in [-0.05, 0) is 18.3 Å². The highest BCUT2D eigenvalue weighted by atomic mass is 32.1. The molecule has 6 heteroatoms. The third-order valence-electron chi connectivity index (χ3n) is 2.41.